The summed E-state index contributed by atoms with van der Waals surface area (Å²) in [5.74, 6) is 0.948. The molecule has 25 heavy (non-hydrogen) atoms. The van der Waals surface area contributed by atoms with E-state index in [9.17, 15) is 0 Å². The van der Waals surface area contributed by atoms with E-state index in [4.69, 9.17) is 4.99 Å². The fourth-order valence-corrected chi connectivity index (χ4v) is 3.07. The van der Waals surface area contributed by atoms with Gasteiger partial charge in [-0.2, -0.15) is 0 Å². The van der Waals surface area contributed by atoms with Crippen molar-refractivity contribution in [2.24, 2.45) is 12.0 Å². The van der Waals surface area contributed by atoms with E-state index in [1.807, 2.05) is 0 Å². The number of H-pyrrole nitrogens is 1. The Hall–Kier alpha value is -2.69. The quantitative estimate of drug-likeness (QED) is 0.536. The Kier molecular flexibility index (Phi) is 5.43. The molecule has 1 aromatic carbocycles. The van der Waals surface area contributed by atoms with Gasteiger partial charge in [0.05, 0.1) is 6.54 Å². The molecule has 0 amide bonds. The minimum atomic E-state index is 0.766. The number of fused-ring (bicyclic) bond motifs is 1. The second-order valence-corrected chi connectivity index (χ2v) is 6.31. The Morgan fingerprint density at radius 2 is 2.08 bits per heavy atom. The predicted molar refractivity (Wildman–Crippen MR) is 105 cm³/mol. The molecule has 0 aliphatic rings. The first kappa shape index (κ1) is 17.1. The number of hydrogen-bond acceptors (Lipinski definition) is 1. The topological polar surface area (TPSA) is 48.4 Å². The van der Waals surface area contributed by atoms with Gasteiger partial charge in [-0.05, 0) is 37.1 Å². The molecular weight excluding hydrogens is 310 g/mol. The first-order valence-electron chi connectivity index (χ1n) is 8.83. The Morgan fingerprint density at radius 1 is 1.24 bits per heavy atom. The van der Waals surface area contributed by atoms with Crippen molar-refractivity contribution in [1.82, 2.24) is 19.8 Å². The van der Waals surface area contributed by atoms with Crippen molar-refractivity contribution in [1.29, 1.82) is 0 Å². The highest BCUT2D eigenvalue weighted by molar-refractivity contribution is 5.83. The lowest BCUT2D eigenvalue weighted by Gasteiger charge is -2.22. The van der Waals surface area contributed by atoms with E-state index < -0.39 is 0 Å². The summed E-state index contributed by atoms with van der Waals surface area (Å²) in [6.07, 6.45) is 5.10. The van der Waals surface area contributed by atoms with Gasteiger partial charge in [0.1, 0.15) is 0 Å². The van der Waals surface area contributed by atoms with Gasteiger partial charge in [0.25, 0.3) is 0 Å². The fourth-order valence-electron chi connectivity index (χ4n) is 3.07. The second kappa shape index (κ2) is 7.92. The maximum Gasteiger partial charge on any atom is 0.194 e. The van der Waals surface area contributed by atoms with E-state index in [0.717, 1.165) is 32.0 Å². The molecular formula is C20H27N5. The molecule has 2 aromatic heterocycles. The molecule has 0 fully saturated rings. The van der Waals surface area contributed by atoms with Crippen molar-refractivity contribution in [2.45, 2.75) is 19.9 Å². The summed E-state index contributed by atoms with van der Waals surface area (Å²) < 4.78 is 2.14. The van der Waals surface area contributed by atoms with E-state index >= 15 is 0 Å². The summed E-state index contributed by atoms with van der Waals surface area (Å²) in [6.45, 7) is 4.57. The first-order valence-corrected chi connectivity index (χ1v) is 8.83. The maximum atomic E-state index is 4.81. The molecule has 0 radical (unpaired) electrons. The number of aromatic nitrogens is 2. The molecule has 2 heterocycles. The van der Waals surface area contributed by atoms with Crippen molar-refractivity contribution >= 4 is 16.9 Å². The zero-order chi connectivity index (χ0) is 17.6. The van der Waals surface area contributed by atoms with Crippen LogP contribution in [0.15, 0.2) is 53.8 Å². The molecule has 0 bridgehead atoms. The summed E-state index contributed by atoms with van der Waals surface area (Å²) in [4.78, 5) is 10.3. The first-order chi connectivity index (χ1) is 12.2. The lowest BCUT2D eigenvalue weighted by atomic mass is 10.1. The molecule has 0 aliphatic carbocycles. The summed E-state index contributed by atoms with van der Waals surface area (Å²) in [6, 6.07) is 12.6. The van der Waals surface area contributed by atoms with E-state index in [1.165, 1.54) is 22.2 Å². The van der Waals surface area contributed by atoms with Gasteiger partial charge in [0.2, 0.25) is 0 Å². The standard InChI is InChI=1S/C20H27N5/c1-4-21-20(25(3)15-17-8-7-13-24(17)2)22-12-11-16-14-23-19-10-6-5-9-18(16)19/h5-10,13-14,23H,4,11-12,15H2,1-3H3,(H,21,22). The van der Waals surface area contributed by atoms with Gasteiger partial charge in [-0.15, -0.1) is 0 Å². The monoisotopic (exact) mass is 337 g/mol. The molecule has 3 aromatic rings. The van der Waals surface area contributed by atoms with Crippen LogP contribution in [0.5, 0.6) is 0 Å². The number of rotatable bonds is 6. The van der Waals surface area contributed by atoms with Crippen molar-refractivity contribution in [2.75, 3.05) is 20.1 Å². The number of nitrogens with one attached hydrogen (secondary N) is 2. The molecule has 5 heteroatoms. The predicted octanol–water partition coefficient (Wildman–Crippen LogP) is 3.15. The molecule has 2 N–H and O–H groups in total. The highest BCUT2D eigenvalue weighted by atomic mass is 15.3. The maximum absolute atomic E-state index is 4.81. The van der Waals surface area contributed by atoms with Crippen LogP contribution in [-0.2, 0) is 20.0 Å². The lowest BCUT2D eigenvalue weighted by Crippen LogP contribution is -2.39. The Bertz CT molecular complexity index is 843. The van der Waals surface area contributed by atoms with Gasteiger partial charge in [-0.25, -0.2) is 0 Å². The van der Waals surface area contributed by atoms with Crippen LogP contribution in [0, 0.1) is 0 Å². The average molecular weight is 337 g/mol. The third-order valence-electron chi connectivity index (χ3n) is 4.46. The minimum absolute atomic E-state index is 0.766. The molecule has 0 saturated carbocycles. The number of para-hydroxylation sites is 1. The highest BCUT2D eigenvalue weighted by Gasteiger charge is 2.08. The number of aliphatic imine (C=N–C) groups is 1. The van der Waals surface area contributed by atoms with Crippen LogP contribution in [-0.4, -0.2) is 40.5 Å². The molecule has 0 unspecified atom stereocenters. The van der Waals surface area contributed by atoms with Gasteiger partial charge >= 0.3 is 0 Å². The normalized spacial score (nSPS) is 11.9. The number of guanidine groups is 1. The number of aryl methyl sites for hydroxylation is 1. The van der Waals surface area contributed by atoms with Crippen LogP contribution >= 0.6 is 0 Å². The van der Waals surface area contributed by atoms with Crippen molar-refractivity contribution in [3.8, 4) is 0 Å². The number of benzene rings is 1. The third-order valence-corrected chi connectivity index (χ3v) is 4.46. The Balaban J connectivity index is 1.66. The van der Waals surface area contributed by atoms with Crippen LogP contribution in [0.1, 0.15) is 18.2 Å². The number of nitrogens with zero attached hydrogens (tertiary/aromatic N) is 3. The van der Waals surface area contributed by atoms with Gasteiger partial charge < -0.3 is 19.8 Å². The molecule has 132 valence electrons. The molecule has 0 spiro atoms. The van der Waals surface area contributed by atoms with Crippen LogP contribution in [0.3, 0.4) is 0 Å². The SMILES string of the molecule is CCNC(=NCCc1c[nH]c2ccccc12)N(C)Cc1cccn1C. The molecule has 0 saturated heterocycles. The van der Waals surface area contributed by atoms with Crippen molar-refractivity contribution < 1.29 is 0 Å². The van der Waals surface area contributed by atoms with Crippen LogP contribution in [0.2, 0.25) is 0 Å². The summed E-state index contributed by atoms with van der Waals surface area (Å²) in [5, 5.41) is 4.68. The largest absolute Gasteiger partial charge is 0.361 e. The summed E-state index contributed by atoms with van der Waals surface area (Å²) >= 11 is 0. The van der Waals surface area contributed by atoms with Crippen LogP contribution < -0.4 is 5.32 Å². The summed E-state index contributed by atoms with van der Waals surface area (Å²) in [5.41, 5.74) is 3.78. The molecule has 0 atom stereocenters. The zero-order valence-corrected chi connectivity index (χ0v) is 15.3. The van der Waals surface area contributed by atoms with Gasteiger partial charge in [0.15, 0.2) is 5.96 Å². The van der Waals surface area contributed by atoms with E-state index in [0.29, 0.717) is 0 Å². The van der Waals surface area contributed by atoms with E-state index in [2.05, 4.69) is 89.6 Å². The van der Waals surface area contributed by atoms with Crippen molar-refractivity contribution in [3.63, 3.8) is 0 Å². The Morgan fingerprint density at radius 3 is 2.84 bits per heavy atom. The molecule has 3 rings (SSSR count). The third kappa shape index (κ3) is 4.05. The van der Waals surface area contributed by atoms with Crippen LogP contribution in [0.4, 0.5) is 0 Å². The highest BCUT2D eigenvalue weighted by Crippen LogP contribution is 2.18. The minimum Gasteiger partial charge on any atom is -0.361 e. The number of hydrogen-bond donors (Lipinski definition) is 2. The summed E-state index contributed by atoms with van der Waals surface area (Å²) in [7, 11) is 4.16. The van der Waals surface area contributed by atoms with Crippen molar-refractivity contribution in [3.05, 3.63) is 60.0 Å². The van der Waals surface area contributed by atoms with Gasteiger partial charge in [0, 0.05) is 56.2 Å². The van der Waals surface area contributed by atoms with Gasteiger partial charge in [-0.3, -0.25) is 4.99 Å². The van der Waals surface area contributed by atoms with E-state index in [-0.39, 0.29) is 0 Å². The molecule has 5 nitrogen and oxygen atoms in total. The second-order valence-electron chi connectivity index (χ2n) is 6.31. The Labute approximate surface area is 149 Å². The van der Waals surface area contributed by atoms with E-state index in [1.54, 1.807) is 0 Å². The average Bonchev–Trinajstić information content (AvgIpc) is 3.21. The van der Waals surface area contributed by atoms with Gasteiger partial charge in [-0.1, -0.05) is 18.2 Å². The lowest BCUT2D eigenvalue weighted by molar-refractivity contribution is 0.462. The fraction of sp³-hybridized carbons (Fsp3) is 0.350. The van der Waals surface area contributed by atoms with Crippen LogP contribution in [0.25, 0.3) is 10.9 Å². The molecule has 0 aliphatic heterocycles. The smallest absolute Gasteiger partial charge is 0.194 e. The zero-order valence-electron chi connectivity index (χ0n) is 15.3. The number of aromatic amines is 1.